The van der Waals surface area contributed by atoms with Gasteiger partial charge in [0.1, 0.15) is 6.61 Å². The molecule has 208 valence electrons. The minimum Gasteiger partial charge on any atom is -0.460 e. The number of aliphatic hydroxyl groups is 1. The first-order valence-electron chi connectivity index (χ1n) is 11.7. The van der Waals surface area contributed by atoms with Gasteiger partial charge in [0.05, 0.1) is 18.8 Å². The maximum Gasteiger partial charge on any atom is 0.378 e. The monoisotopic (exact) mass is 528 g/mol. The highest BCUT2D eigenvalue weighted by molar-refractivity contribution is 5.88. The number of alkyl halides is 8. The number of halogens is 8. The summed E-state index contributed by atoms with van der Waals surface area (Å²) in [5.41, 5.74) is -0.0309. The molecule has 0 aliphatic heterocycles. The van der Waals surface area contributed by atoms with Gasteiger partial charge in [0.25, 0.3) is 0 Å². The summed E-state index contributed by atoms with van der Waals surface area (Å²) in [4.78, 5) is 11.4. The molecule has 0 aliphatic rings. The third-order valence-corrected chi connectivity index (χ3v) is 5.43. The molecule has 0 saturated carbocycles. The molecule has 35 heavy (non-hydrogen) atoms. The molecule has 0 bridgehead atoms. The molecule has 0 rings (SSSR count). The van der Waals surface area contributed by atoms with Crippen LogP contribution in [0.3, 0.4) is 0 Å². The van der Waals surface area contributed by atoms with E-state index < -0.39 is 68.6 Å². The molecule has 0 saturated heterocycles. The first kappa shape index (κ1) is 33.6. The van der Waals surface area contributed by atoms with Crippen LogP contribution in [0.1, 0.15) is 78.1 Å². The van der Waals surface area contributed by atoms with E-state index in [-0.39, 0.29) is 25.2 Å². The number of hydrogen-bond donors (Lipinski definition) is 1. The van der Waals surface area contributed by atoms with Crippen molar-refractivity contribution in [1.82, 2.24) is 0 Å². The zero-order valence-corrected chi connectivity index (χ0v) is 20.2. The summed E-state index contributed by atoms with van der Waals surface area (Å²) in [5, 5.41) is 8.88. The van der Waals surface area contributed by atoms with Crippen molar-refractivity contribution < 1.29 is 54.5 Å². The average molecular weight is 529 g/mol. The average Bonchev–Trinajstić information content (AvgIpc) is 2.78. The highest BCUT2D eigenvalue weighted by Gasteiger charge is 2.79. The second-order valence-electron chi connectivity index (χ2n) is 8.25. The fraction of sp³-hybridized carbons (Fsp3) is 0.870. The molecule has 0 heterocycles. The number of hydrogen-bond acceptors (Lipinski definition) is 4. The van der Waals surface area contributed by atoms with Crippen molar-refractivity contribution in [1.29, 1.82) is 0 Å². The molecule has 0 unspecified atom stereocenters. The molecule has 0 aromatic carbocycles. The first-order chi connectivity index (χ1) is 16.2. The van der Waals surface area contributed by atoms with Crippen LogP contribution >= 0.6 is 0 Å². The molecule has 0 fully saturated rings. The number of carbonyl (C=O) groups is 1. The van der Waals surface area contributed by atoms with Crippen molar-refractivity contribution in [2.24, 2.45) is 0 Å². The summed E-state index contributed by atoms with van der Waals surface area (Å²) in [7, 11) is 0. The Balaban J connectivity index is 4.61. The fourth-order valence-corrected chi connectivity index (χ4v) is 3.14. The minimum atomic E-state index is -6.27. The van der Waals surface area contributed by atoms with Gasteiger partial charge >= 0.3 is 29.7 Å². The summed E-state index contributed by atoms with van der Waals surface area (Å²) in [6.07, 6.45) is 0.536. The number of allylic oxidation sites excluding steroid dienone is 1. The van der Waals surface area contributed by atoms with Gasteiger partial charge in [-0.25, -0.2) is 4.79 Å². The topological polar surface area (TPSA) is 55.8 Å². The minimum absolute atomic E-state index is 0.0309. The van der Waals surface area contributed by atoms with E-state index in [4.69, 9.17) is 14.6 Å². The van der Waals surface area contributed by atoms with E-state index >= 15 is 0 Å². The molecule has 0 atom stereocenters. The van der Waals surface area contributed by atoms with Gasteiger partial charge in [0, 0.05) is 19.4 Å². The molecule has 0 radical (unpaired) electrons. The van der Waals surface area contributed by atoms with Crippen LogP contribution in [0.25, 0.3) is 0 Å². The Hall–Kier alpha value is -1.43. The lowest BCUT2D eigenvalue weighted by molar-refractivity contribution is -0.368. The second kappa shape index (κ2) is 15.6. The summed E-state index contributed by atoms with van der Waals surface area (Å²) in [6, 6.07) is 0. The van der Waals surface area contributed by atoms with Crippen LogP contribution in [-0.2, 0) is 14.3 Å². The van der Waals surface area contributed by atoms with E-state index in [9.17, 15) is 39.9 Å². The standard InChI is InChI=1S/C23H36F8O4/c1-3-5-6-7-8-9-10-12-20(24,25)22(28,29)23(30,31)21(26,27)13-11-14-34-15-16-35-19(33)18(4-2)17-32/h4,32H,3,5-17H2,1-2H3/b18-4-. The number of aliphatic hydroxyl groups excluding tert-OH is 1. The number of ether oxygens (including phenoxy) is 2. The molecular formula is C23H36F8O4. The third kappa shape index (κ3) is 10.2. The Morgan fingerprint density at radius 3 is 1.71 bits per heavy atom. The van der Waals surface area contributed by atoms with Crippen molar-refractivity contribution in [3.05, 3.63) is 11.6 Å². The quantitative estimate of drug-likeness (QED) is 0.0805. The third-order valence-electron chi connectivity index (χ3n) is 5.43. The van der Waals surface area contributed by atoms with Crippen molar-refractivity contribution in [3.63, 3.8) is 0 Å². The fourth-order valence-electron chi connectivity index (χ4n) is 3.14. The van der Waals surface area contributed by atoms with Crippen LogP contribution in [0.4, 0.5) is 35.1 Å². The Labute approximate surface area is 201 Å². The van der Waals surface area contributed by atoms with Gasteiger partial charge in [-0.3, -0.25) is 0 Å². The largest absolute Gasteiger partial charge is 0.460 e. The Kier molecular flexibility index (Phi) is 15.0. The molecule has 0 amide bonds. The summed E-state index contributed by atoms with van der Waals surface area (Å²) in [6.45, 7) is 1.64. The SMILES string of the molecule is C/C=C(/CO)C(=O)OCCOCCCC(F)(F)C(F)(F)C(F)(F)C(F)(F)CCCCCCCCC. The number of carbonyl (C=O) groups excluding carboxylic acids is 1. The van der Waals surface area contributed by atoms with E-state index in [1.165, 1.54) is 13.0 Å². The summed E-state index contributed by atoms with van der Waals surface area (Å²) < 4.78 is 121. The van der Waals surface area contributed by atoms with Gasteiger partial charge in [-0.15, -0.1) is 0 Å². The van der Waals surface area contributed by atoms with Gasteiger partial charge in [-0.2, -0.15) is 35.1 Å². The highest BCUT2D eigenvalue weighted by atomic mass is 19.4. The zero-order chi connectivity index (χ0) is 27.2. The van der Waals surface area contributed by atoms with Crippen LogP contribution in [-0.4, -0.2) is 61.2 Å². The predicted molar refractivity (Wildman–Crippen MR) is 114 cm³/mol. The Morgan fingerprint density at radius 2 is 1.23 bits per heavy atom. The Morgan fingerprint density at radius 1 is 0.743 bits per heavy atom. The summed E-state index contributed by atoms with van der Waals surface area (Å²) in [5.74, 6) is -24.1. The van der Waals surface area contributed by atoms with E-state index in [1.54, 1.807) is 0 Å². The second-order valence-corrected chi connectivity index (χ2v) is 8.25. The molecule has 0 aromatic heterocycles. The lowest BCUT2D eigenvalue weighted by Gasteiger charge is -2.37. The molecular weight excluding hydrogens is 492 g/mol. The summed E-state index contributed by atoms with van der Waals surface area (Å²) >= 11 is 0. The normalized spacial score (nSPS) is 13.9. The molecule has 0 aliphatic carbocycles. The first-order valence-corrected chi connectivity index (χ1v) is 11.7. The maximum atomic E-state index is 13.9. The van der Waals surface area contributed by atoms with Crippen molar-refractivity contribution in [3.8, 4) is 0 Å². The zero-order valence-electron chi connectivity index (χ0n) is 20.2. The highest BCUT2D eigenvalue weighted by Crippen LogP contribution is 2.55. The van der Waals surface area contributed by atoms with E-state index in [2.05, 4.69) is 0 Å². The molecule has 0 aromatic rings. The van der Waals surface area contributed by atoms with Crippen molar-refractivity contribution in [2.75, 3.05) is 26.4 Å². The molecule has 0 spiro atoms. The van der Waals surface area contributed by atoms with Crippen molar-refractivity contribution in [2.45, 2.75) is 102 Å². The van der Waals surface area contributed by atoms with Gasteiger partial charge < -0.3 is 14.6 Å². The van der Waals surface area contributed by atoms with Gasteiger partial charge in [-0.05, 0) is 19.8 Å². The van der Waals surface area contributed by atoms with E-state index in [0.717, 1.165) is 19.3 Å². The van der Waals surface area contributed by atoms with Crippen LogP contribution < -0.4 is 0 Å². The van der Waals surface area contributed by atoms with Crippen LogP contribution in [0.5, 0.6) is 0 Å². The number of rotatable bonds is 20. The number of unbranched alkanes of at least 4 members (excludes halogenated alkanes) is 6. The molecule has 1 N–H and O–H groups in total. The predicted octanol–water partition coefficient (Wildman–Crippen LogP) is 6.95. The van der Waals surface area contributed by atoms with Crippen LogP contribution in [0, 0.1) is 0 Å². The molecule has 12 heteroatoms. The van der Waals surface area contributed by atoms with Gasteiger partial charge in [-0.1, -0.05) is 51.5 Å². The van der Waals surface area contributed by atoms with E-state index in [0.29, 0.717) is 12.8 Å². The molecule has 4 nitrogen and oxygen atoms in total. The van der Waals surface area contributed by atoms with Crippen LogP contribution in [0.2, 0.25) is 0 Å². The smallest absolute Gasteiger partial charge is 0.378 e. The lowest BCUT2D eigenvalue weighted by atomic mass is 9.92. The van der Waals surface area contributed by atoms with Gasteiger partial charge in [0.2, 0.25) is 0 Å². The maximum absolute atomic E-state index is 13.9. The van der Waals surface area contributed by atoms with E-state index in [1.807, 2.05) is 6.92 Å². The number of esters is 1. The Bertz CT molecular complexity index is 639. The van der Waals surface area contributed by atoms with Gasteiger partial charge in [0.15, 0.2) is 0 Å². The van der Waals surface area contributed by atoms with Crippen LogP contribution in [0.15, 0.2) is 11.6 Å². The van der Waals surface area contributed by atoms with Crippen molar-refractivity contribution >= 4 is 5.97 Å². The lowest BCUT2D eigenvalue weighted by Crippen LogP contribution is -2.62.